The number of hydrogen-bond donors (Lipinski definition) is 1. The lowest BCUT2D eigenvalue weighted by Gasteiger charge is -2.31. The molecule has 1 fully saturated rings. The van der Waals surface area contributed by atoms with Gasteiger partial charge in [0.05, 0.1) is 11.2 Å². The van der Waals surface area contributed by atoms with Gasteiger partial charge in [-0.1, -0.05) is 0 Å². The highest BCUT2D eigenvalue weighted by Gasteiger charge is 2.32. The van der Waals surface area contributed by atoms with E-state index in [2.05, 4.69) is 5.32 Å². The third-order valence-electron chi connectivity index (χ3n) is 5.07. The summed E-state index contributed by atoms with van der Waals surface area (Å²) < 4.78 is 45.0. The van der Waals surface area contributed by atoms with E-state index in [0.29, 0.717) is 12.8 Å². The van der Waals surface area contributed by atoms with E-state index in [9.17, 15) is 17.6 Å². The first-order valence-electron chi connectivity index (χ1n) is 9.45. The third kappa shape index (κ3) is 4.99. The summed E-state index contributed by atoms with van der Waals surface area (Å²) in [5.41, 5.74) is 0. The number of halogens is 1. The molecule has 0 unspecified atom stereocenters. The third-order valence-corrected chi connectivity index (χ3v) is 6.98. The molecule has 0 saturated carbocycles. The van der Waals surface area contributed by atoms with Gasteiger partial charge in [-0.2, -0.15) is 4.31 Å². The standard InChI is InChI=1S/C20H25FN2O4S/c1-15(4-7-18-3-2-14-27-18)22-20(24)16-10-12-23(13-11-16)28(25,26)19-8-5-17(21)6-9-19/h2-3,5-6,8-9,14-16H,4,7,10-13H2,1H3,(H,22,24)/t15-/m0/s1. The van der Waals surface area contributed by atoms with Crippen LogP contribution in [0.5, 0.6) is 0 Å². The number of nitrogens with one attached hydrogen (secondary N) is 1. The van der Waals surface area contributed by atoms with Gasteiger partial charge < -0.3 is 9.73 Å². The zero-order valence-electron chi connectivity index (χ0n) is 15.8. The summed E-state index contributed by atoms with van der Waals surface area (Å²) >= 11 is 0. The molecule has 0 aliphatic carbocycles. The molecule has 8 heteroatoms. The number of nitrogens with zero attached hydrogens (tertiary/aromatic N) is 1. The van der Waals surface area contributed by atoms with Crippen molar-refractivity contribution < 1.29 is 22.0 Å². The molecule has 1 aliphatic rings. The average Bonchev–Trinajstić information content (AvgIpc) is 3.20. The second-order valence-electron chi connectivity index (χ2n) is 7.16. The SMILES string of the molecule is C[C@@H](CCc1ccco1)NC(=O)C1CCN(S(=O)(=O)c2ccc(F)cc2)CC1. The lowest BCUT2D eigenvalue weighted by atomic mass is 9.96. The maximum absolute atomic E-state index is 13.0. The number of piperidine rings is 1. The summed E-state index contributed by atoms with van der Waals surface area (Å²) in [6.07, 6.45) is 4.10. The monoisotopic (exact) mass is 408 g/mol. The highest BCUT2D eigenvalue weighted by atomic mass is 32.2. The molecule has 1 saturated heterocycles. The lowest BCUT2D eigenvalue weighted by Crippen LogP contribution is -2.44. The van der Waals surface area contributed by atoms with E-state index >= 15 is 0 Å². The molecule has 2 heterocycles. The second-order valence-corrected chi connectivity index (χ2v) is 9.10. The molecule has 1 atom stereocenters. The van der Waals surface area contributed by atoms with Crippen LogP contribution in [0.2, 0.25) is 0 Å². The first-order valence-corrected chi connectivity index (χ1v) is 10.9. The number of aryl methyl sites for hydroxylation is 1. The zero-order valence-corrected chi connectivity index (χ0v) is 16.6. The van der Waals surface area contributed by atoms with Crippen molar-refractivity contribution in [2.24, 2.45) is 5.92 Å². The van der Waals surface area contributed by atoms with Gasteiger partial charge in [-0.05, 0) is 62.6 Å². The van der Waals surface area contributed by atoms with Crippen molar-refractivity contribution in [3.63, 3.8) is 0 Å². The van der Waals surface area contributed by atoms with Crippen LogP contribution in [0, 0.1) is 11.7 Å². The van der Waals surface area contributed by atoms with Crippen molar-refractivity contribution in [3.05, 3.63) is 54.2 Å². The number of hydrogen-bond acceptors (Lipinski definition) is 4. The second kappa shape index (κ2) is 8.87. The molecule has 1 N–H and O–H groups in total. The largest absolute Gasteiger partial charge is 0.469 e. The predicted molar refractivity (Wildman–Crippen MR) is 103 cm³/mol. The van der Waals surface area contributed by atoms with Crippen molar-refractivity contribution >= 4 is 15.9 Å². The van der Waals surface area contributed by atoms with Crippen LogP contribution < -0.4 is 5.32 Å². The average molecular weight is 408 g/mol. The van der Waals surface area contributed by atoms with Crippen LogP contribution in [0.4, 0.5) is 4.39 Å². The summed E-state index contributed by atoms with van der Waals surface area (Å²) in [6, 6.07) is 8.57. The highest BCUT2D eigenvalue weighted by Crippen LogP contribution is 2.24. The molecule has 6 nitrogen and oxygen atoms in total. The minimum Gasteiger partial charge on any atom is -0.469 e. The molecule has 1 amide bonds. The van der Waals surface area contributed by atoms with Gasteiger partial charge >= 0.3 is 0 Å². The predicted octanol–water partition coefficient (Wildman–Crippen LogP) is 2.96. The molecular formula is C20H25FN2O4S. The molecule has 0 bridgehead atoms. The molecule has 3 rings (SSSR count). The summed E-state index contributed by atoms with van der Waals surface area (Å²) in [5, 5.41) is 3.01. The molecule has 0 radical (unpaired) electrons. The fraction of sp³-hybridized carbons (Fsp3) is 0.450. The Balaban J connectivity index is 1.48. The van der Waals surface area contributed by atoms with E-state index < -0.39 is 15.8 Å². The van der Waals surface area contributed by atoms with Crippen LogP contribution in [0.15, 0.2) is 52.0 Å². The van der Waals surface area contributed by atoms with Crippen LogP contribution in [0.3, 0.4) is 0 Å². The Hall–Kier alpha value is -2.19. The molecular weight excluding hydrogens is 383 g/mol. The van der Waals surface area contributed by atoms with E-state index in [0.717, 1.165) is 30.7 Å². The number of carbonyl (C=O) groups is 1. The van der Waals surface area contributed by atoms with Crippen molar-refractivity contribution in [2.45, 2.75) is 43.5 Å². The van der Waals surface area contributed by atoms with Crippen LogP contribution in [-0.2, 0) is 21.2 Å². The van der Waals surface area contributed by atoms with Crippen molar-refractivity contribution in [2.75, 3.05) is 13.1 Å². The maximum Gasteiger partial charge on any atom is 0.243 e. The highest BCUT2D eigenvalue weighted by molar-refractivity contribution is 7.89. The van der Waals surface area contributed by atoms with Crippen LogP contribution >= 0.6 is 0 Å². The molecule has 152 valence electrons. The summed E-state index contributed by atoms with van der Waals surface area (Å²) in [4.78, 5) is 12.6. The van der Waals surface area contributed by atoms with Gasteiger partial charge in [0.2, 0.25) is 15.9 Å². The summed E-state index contributed by atoms with van der Waals surface area (Å²) in [5.74, 6) is 0.174. The van der Waals surface area contributed by atoms with Crippen molar-refractivity contribution in [1.29, 1.82) is 0 Å². The molecule has 1 aromatic heterocycles. The topological polar surface area (TPSA) is 79.6 Å². The number of benzene rings is 1. The quantitative estimate of drug-likeness (QED) is 0.764. The number of amides is 1. The van der Waals surface area contributed by atoms with Gasteiger partial charge in [0.25, 0.3) is 0 Å². The van der Waals surface area contributed by atoms with Crippen LogP contribution in [-0.4, -0.2) is 37.8 Å². The van der Waals surface area contributed by atoms with Gasteiger partial charge in [0, 0.05) is 31.5 Å². The van der Waals surface area contributed by atoms with Gasteiger partial charge in [-0.3, -0.25) is 4.79 Å². The fourth-order valence-corrected chi connectivity index (χ4v) is 4.83. The number of sulfonamides is 1. The Morgan fingerprint density at radius 2 is 1.93 bits per heavy atom. The van der Waals surface area contributed by atoms with E-state index in [1.165, 1.54) is 16.4 Å². The van der Waals surface area contributed by atoms with Gasteiger partial charge in [0.15, 0.2) is 0 Å². The van der Waals surface area contributed by atoms with Gasteiger partial charge in [0.1, 0.15) is 11.6 Å². The minimum atomic E-state index is -3.66. The Morgan fingerprint density at radius 1 is 1.25 bits per heavy atom. The molecule has 0 spiro atoms. The van der Waals surface area contributed by atoms with E-state index in [4.69, 9.17) is 4.42 Å². The van der Waals surface area contributed by atoms with Gasteiger partial charge in [-0.15, -0.1) is 0 Å². The first kappa shape index (κ1) is 20.5. The normalized spacial score (nSPS) is 17.4. The van der Waals surface area contributed by atoms with E-state index in [-0.39, 0.29) is 35.9 Å². The maximum atomic E-state index is 13.0. The smallest absolute Gasteiger partial charge is 0.243 e. The van der Waals surface area contributed by atoms with Crippen molar-refractivity contribution in [1.82, 2.24) is 9.62 Å². The lowest BCUT2D eigenvalue weighted by molar-refractivity contribution is -0.126. The minimum absolute atomic E-state index is 0.0126. The summed E-state index contributed by atoms with van der Waals surface area (Å²) in [6.45, 7) is 2.51. The fourth-order valence-electron chi connectivity index (χ4n) is 3.36. The number of carbonyl (C=O) groups excluding carboxylic acids is 1. The molecule has 1 aromatic carbocycles. The first-order chi connectivity index (χ1) is 13.4. The Kier molecular flexibility index (Phi) is 6.51. The summed E-state index contributed by atoms with van der Waals surface area (Å²) in [7, 11) is -3.66. The Labute approximate surface area is 164 Å². The van der Waals surface area contributed by atoms with E-state index in [1.54, 1.807) is 6.26 Å². The van der Waals surface area contributed by atoms with E-state index in [1.807, 2.05) is 19.1 Å². The Morgan fingerprint density at radius 3 is 2.54 bits per heavy atom. The Bertz CT molecular complexity index is 873. The number of rotatable bonds is 7. The number of furan rings is 1. The molecule has 2 aromatic rings. The molecule has 1 aliphatic heterocycles. The van der Waals surface area contributed by atoms with Crippen molar-refractivity contribution in [3.8, 4) is 0 Å². The zero-order chi connectivity index (χ0) is 20.1. The molecule has 28 heavy (non-hydrogen) atoms. The van der Waals surface area contributed by atoms with Crippen LogP contribution in [0.1, 0.15) is 31.9 Å². The van der Waals surface area contributed by atoms with Gasteiger partial charge in [-0.25, -0.2) is 12.8 Å². The van der Waals surface area contributed by atoms with Crippen LogP contribution in [0.25, 0.3) is 0 Å².